The molecule has 1 fully saturated rings. The average Bonchev–Trinajstić information content (AvgIpc) is 2.76. The molecule has 6 heteroatoms. The molecule has 0 radical (unpaired) electrons. The van der Waals surface area contributed by atoms with Gasteiger partial charge in [0.05, 0.1) is 29.9 Å². The highest BCUT2D eigenvalue weighted by Gasteiger charge is 2.33. The van der Waals surface area contributed by atoms with Gasteiger partial charge >= 0.3 is 0 Å². The van der Waals surface area contributed by atoms with Crippen LogP contribution in [0.1, 0.15) is 15.9 Å². The van der Waals surface area contributed by atoms with Crippen LogP contribution in [0, 0.1) is 11.8 Å². The normalized spacial score (nSPS) is 21.9. The first-order valence-electron chi connectivity index (χ1n) is 5.92. The maximum Gasteiger partial charge on any atom is 0.255 e. The lowest BCUT2D eigenvalue weighted by Gasteiger charge is -2.16. The van der Waals surface area contributed by atoms with Gasteiger partial charge in [0.15, 0.2) is 0 Å². The molecular weight excluding hydrogens is 246 g/mol. The Morgan fingerprint density at radius 3 is 2.79 bits per heavy atom. The van der Waals surface area contributed by atoms with Crippen molar-refractivity contribution >= 4 is 5.91 Å². The van der Waals surface area contributed by atoms with Gasteiger partial charge in [-0.15, -0.1) is 0 Å². The Morgan fingerprint density at radius 2 is 2.16 bits per heavy atom. The summed E-state index contributed by atoms with van der Waals surface area (Å²) in [4.78, 5) is 17.6. The van der Waals surface area contributed by atoms with Crippen LogP contribution in [0.5, 0.6) is 0 Å². The van der Waals surface area contributed by atoms with Gasteiger partial charge < -0.3 is 20.8 Å². The van der Waals surface area contributed by atoms with E-state index in [0.29, 0.717) is 11.1 Å². The van der Waals surface area contributed by atoms with Gasteiger partial charge in [0.25, 0.3) is 5.91 Å². The number of rotatable bonds is 1. The molecule has 1 saturated heterocycles. The number of nitrogens with zero attached hydrogens (tertiary/aromatic N) is 2. The molecule has 0 spiro atoms. The van der Waals surface area contributed by atoms with E-state index in [1.165, 1.54) is 17.3 Å². The van der Waals surface area contributed by atoms with Crippen LogP contribution in [0.3, 0.4) is 0 Å². The Kier molecular flexibility index (Phi) is 4.12. The van der Waals surface area contributed by atoms with E-state index in [2.05, 4.69) is 16.8 Å². The van der Waals surface area contributed by atoms with Crippen LogP contribution in [-0.2, 0) is 0 Å². The second-order valence-electron chi connectivity index (χ2n) is 4.27. The molecule has 0 aliphatic carbocycles. The van der Waals surface area contributed by atoms with E-state index in [9.17, 15) is 15.0 Å². The summed E-state index contributed by atoms with van der Waals surface area (Å²) in [6.07, 6.45) is 1.21. The van der Waals surface area contributed by atoms with Crippen molar-refractivity contribution in [2.75, 3.05) is 19.6 Å². The average molecular weight is 261 g/mol. The fraction of sp³-hybridized carbons (Fsp3) is 0.385. The molecule has 2 unspecified atom stereocenters. The molecule has 1 aliphatic rings. The summed E-state index contributed by atoms with van der Waals surface area (Å²) in [5.41, 5.74) is 6.20. The molecule has 19 heavy (non-hydrogen) atoms. The number of hydrogen-bond donors (Lipinski definition) is 3. The summed E-state index contributed by atoms with van der Waals surface area (Å²) in [7, 11) is 0. The van der Waals surface area contributed by atoms with Crippen LogP contribution in [0.2, 0.25) is 0 Å². The largest absolute Gasteiger partial charge is 0.388 e. The molecule has 1 amide bonds. The number of hydrogen-bond acceptors (Lipinski definition) is 5. The maximum atomic E-state index is 12.3. The third-order valence-corrected chi connectivity index (χ3v) is 2.92. The lowest BCUT2D eigenvalue weighted by atomic mass is 10.1. The monoisotopic (exact) mass is 261 g/mol. The SMILES string of the molecule is NCC#Cc1cnccc1C(=O)N1CC(O)C(O)C1. The summed E-state index contributed by atoms with van der Waals surface area (Å²) in [5, 5.41) is 18.9. The summed E-state index contributed by atoms with van der Waals surface area (Å²) in [6.45, 7) is 0.432. The van der Waals surface area contributed by atoms with Crippen LogP contribution in [0.25, 0.3) is 0 Å². The first kappa shape index (κ1) is 13.5. The zero-order chi connectivity index (χ0) is 13.8. The molecular formula is C13H15N3O3. The number of nitrogens with two attached hydrogens (primary N) is 1. The number of aromatic nitrogens is 1. The summed E-state index contributed by atoms with van der Waals surface area (Å²) in [5.74, 6) is 5.19. The summed E-state index contributed by atoms with van der Waals surface area (Å²) >= 11 is 0. The Hall–Kier alpha value is -1.94. The molecule has 2 rings (SSSR count). The van der Waals surface area contributed by atoms with Gasteiger partial charge in [0, 0.05) is 25.5 Å². The molecule has 2 heterocycles. The van der Waals surface area contributed by atoms with Crippen molar-refractivity contribution < 1.29 is 15.0 Å². The van der Waals surface area contributed by atoms with Crippen molar-refractivity contribution in [3.8, 4) is 11.8 Å². The minimum absolute atomic E-state index is 0.117. The second kappa shape index (κ2) is 5.80. The molecule has 1 aliphatic heterocycles. The van der Waals surface area contributed by atoms with Crippen molar-refractivity contribution in [1.82, 2.24) is 9.88 Å². The molecule has 0 aromatic carbocycles. The number of carbonyl (C=O) groups is 1. The predicted molar refractivity (Wildman–Crippen MR) is 68.1 cm³/mol. The van der Waals surface area contributed by atoms with Crippen molar-refractivity contribution in [2.24, 2.45) is 5.73 Å². The molecule has 2 atom stereocenters. The number of amides is 1. The van der Waals surface area contributed by atoms with Crippen LogP contribution < -0.4 is 5.73 Å². The Bertz CT molecular complexity index is 525. The number of pyridine rings is 1. The van der Waals surface area contributed by atoms with E-state index >= 15 is 0 Å². The van der Waals surface area contributed by atoms with Crippen molar-refractivity contribution in [3.63, 3.8) is 0 Å². The lowest BCUT2D eigenvalue weighted by Crippen LogP contribution is -2.30. The van der Waals surface area contributed by atoms with Gasteiger partial charge in [0.2, 0.25) is 0 Å². The third kappa shape index (κ3) is 2.90. The number of β-amino-alcohol motifs (C(OH)–C–C–N with tert-alkyl or cyclic N) is 2. The first-order chi connectivity index (χ1) is 9.13. The number of aliphatic hydroxyl groups is 2. The highest BCUT2D eigenvalue weighted by molar-refractivity contribution is 5.96. The third-order valence-electron chi connectivity index (χ3n) is 2.92. The van der Waals surface area contributed by atoms with E-state index < -0.39 is 12.2 Å². The molecule has 1 aromatic heterocycles. The summed E-state index contributed by atoms with van der Waals surface area (Å²) in [6, 6.07) is 1.57. The van der Waals surface area contributed by atoms with Crippen LogP contribution in [-0.4, -0.2) is 57.8 Å². The number of likely N-dealkylation sites (tertiary alicyclic amines) is 1. The zero-order valence-electron chi connectivity index (χ0n) is 10.3. The smallest absolute Gasteiger partial charge is 0.255 e. The van der Waals surface area contributed by atoms with Gasteiger partial charge in [-0.2, -0.15) is 0 Å². The fourth-order valence-electron chi connectivity index (χ4n) is 1.93. The van der Waals surface area contributed by atoms with E-state index in [-0.39, 0.29) is 25.5 Å². The summed E-state index contributed by atoms with van der Waals surface area (Å²) < 4.78 is 0. The molecule has 4 N–H and O–H groups in total. The quantitative estimate of drug-likeness (QED) is 0.538. The maximum absolute atomic E-state index is 12.3. The molecule has 100 valence electrons. The van der Waals surface area contributed by atoms with Gasteiger partial charge in [-0.25, -0.2) is 0 Å². The molecule has 1 aromatic rings. The van der Waals surface area contributed by atoms with Gasteiger partial charge in [0.1, 0.15) is 0 Å². The highest BCUT2D eigenvalue weighted by atomic mass is 16.3. The highest BCUT2D eigenvalue weighted by Crippen LogP contribution is 2.16. The van der Waals surface area contributed by atoms with Gasteiger partial charge in [-0.1, -0.05) is 11.8 Å². The van der Waals surface area contributed by atoms with Crippen molar-refractivity contribution in [1.29, 1.82) is 0 Å². The number of aliphatic hydroxyl groups excluding tert-OH is 2. The molecule has 0 bridgehead atoms. The Labute approximate surface area is 110 Å². The predicted octanol–water partition coefficient (Wildman–Crippen LogP) is -1.43. The van der Waals surface area contributed by atoms with Gasteiger partial charge in [-0.3, -0.25) is 9.78 Å². The molecule has 0 saturated carbocycles. The van der Waals surface area contributed by atoms with Crippen LogP contribution >= 0.6 is 0 Å². The topological polar surface area (TPSA) is 99.7 Å². The first-order valence-corrected chi connectivity index (χ1v) is 5.92. The van der Waals surface area contributed by atoms with E-state index in [0.717, 1.165) is 0 Å². The second-order valence-corrected chi connectivity index (χ2v) is 4.27. The molecule has 6 nitrogen and oxygen atoms in total. The Morgan fingerprint density at radius 1 is 1.47 bits per heavy atom. The van der Waals surface area contributed by atoms with Gasteiger partial charge in [-0.05, 0) is 6.07 Å². The van der Waals surface area contributed by atoms with Crippen LogP contribution in [0.4, 0.5) is 0 Å². The fourth-order valence-corrected chi connectivity index (χ4v) is 1.93. The Balaban J connectivity index is 2.24. The minimum atomic E-state index is -0.899. The van der Waals surface area contributed by atoms with Crippen molar-refractivity contribution in [2.45, 2.75) is 12.2 Å². The van der Waals surface area contributed by atoms with E-state index in [1.54, 1.807) is 6.07 Å². The standard InChI is InChI=1S/C13H15N3O3/c14-4-1-2-9-6-15-5-3-10(9)13(19)16-7-11(17)12(18)8-16/h3,5-6,11-12,17-18H,4,7-8,14H2. The zero-order valence-corrected chi connectivity index (χ0v) is 10.3. The van der Waals surface area contributed by atoms with Crippen molar-refractivity contribution in [3.05, 3.63) is 29.6 Å². The number of carbonyl (C=O) groups excluding carboxylic acids is 1. The minimum Gasteiger partial charge on any atom is -0.388 e. The van der Waals surface area contributed by atoms with Crippen LogP contribution in [0.15, 0.2) is 18.5 Å². The lowest BCUT2D eigenvalue weighted by molar-refractivity contribution is 0.0572. The van der Waals surface area contributed by atoms with E-state index in [1.807, 2.05) is 0 Å². The van der Waals surface area contributed by atoms with E-state index in [4.69, 9.17) is 5.73 Å².